The minimum atomic E-state index is -3.64. The van der Waals surface area contributed by atoms with Crippen LogP contribution in [0.2, 0.25) is 0 Å². The third kappa shape index (κ3) is 3.42. The Bertz CT molecular complexity index is 642. The summed E-state index contributed by atoms with van der Waals surface area (Å²) in [6.07, 6.45) is 1.19. The predicted molar refractivity (Wildman–Crippen MR) is 76.5 cm³/mol. The fraction of sp³-hybridized carbons (Fsp3) is 0.500. The fourth-order valence-electron chi connectivity index (χ4n) is 2.10. The van der Waals surface area contributed by atoms with E-state index in [9.17, 15) is 18.0 Å². The summed E-state index contributed by atoms with van der Waals surface area (Å²) < 4.78 is 26.1. The molecule has 1 aromatic rings. The van der Waals surface area contributed by atoms with Crippen molar-refractivity contribution in [3.63, 3.8) is 0 Å². The number of aromatic amines is 1. The molecule has 116 valence electrons. The summed E-state index contributed by atoms with van der Waals surface area (Å²) in [5.41, 5.74) is -0.352. The number of carbonyl (C=O) groups excluding carboxylic acids is 1. The molecule has 2 rings (SSSR count). The van der Waals surface area contributed by atoms with E-state index in [1.807, 2.05) is 6.92 Å². The molecule has 0 aromatic carbocycles. The molecule has 1 saturated heterocycles. The Morgan fingerprint density at radius 1 is 1.29 bits per heavy atom. The van der Waals surface area contributed by atoms with Crippen molar-refractivity contribution in [3.05, 3.63) is 28.7 Å². The number of amides is 2. The maximum atomic E-state index is 12.4. The molecule has 1 fully saturated rings. The van der Waals surface area contributed by atoms with E-state index in [2.05, 4.69) is 10.3 Å². The van der Waals surface area contributed by atoms with Crippen molar-refractivity contribution in [1.82, 2.24) is 19.5 Å². The smallest absolute Gasteiger partial charge is 0.317 e. The van der Waals surface area contributed by atoms with Gasteiger partial charge in [0.25, 0.3) is 0 Å². The van der Waals surface area contributed by atoms with Gasteiger partial charge >= 0.3 is 6.03 Å². The van der Waals surface area contributed by atoms with Gasteiger partial charge in [-0.2, -0.15) is 4.31 Å². The van der Waals surface area contributed by atoms with Gasteiger partial charge in [0.05, 0.1) is 4.90 Å². The summed E-state index contributed by atoms with van der Waals surface area (Å²) in [5.74, 6) is 0. The highest BCUT2D eigenvalue weighted by Gasteiger charge is 2.29. The second-order valence-electron chi connectivity index (χ2n) is 4.62. The lowest BCUT2D eigenvalue weighted by Crippen LogP contribution is -2.53. The van der Waals surface area contributed by atoms with Gasteiger partial charge in [0.1, 0.15) is 0 Å². The monoisotopic (exact) mass is 314 g/mol. The first-order valence-electron chi connectivity index (χ1n) is 6.67. The summed E-state index contributed by atoms with van der Waals surface area (Å²) in [4.78, 5) is 26.6. The standard InChI is InChI=1S/C12H18N4O4S/c1-2-13-12(18)15-5-7-16(8-6-15)21(19,20)10-3-4-11(17)14-9-10/h3-4,9H,2,5-8H2,1H3,(H,13,18)(H,14,17). The van der Waals surface area contributed by atoms with Crippen molar-refractivity contribution in [3.8, 4) is 0 Å². The number of hydrogen-bond donors (Lipinski definition) is 2. The van der Waals surface area contributed by atoms with Crippen LogP contribution >= 0.6 is 0 Å². The van der Waals surface area contributed by atoms with Gasteiger partial charge in [0.15, 0.2) is 0 Å². The van der Waals surface area contributed by atoms with E-state index >= 15 is 0 Å². The molecule has 1 aliphatic rings. The van der Waals surface area contributed by atoms with Gasteiger partial charge in [-0.15, -0.1) is 0 Å². The van der Waals surface area contributed by atoms with Gasteiger partial charge in [0.2, 0.25) is 15.6 Å². The number of carbonyl (C=O) groups is 1. The van der Waals surface area contributed by atoms with Gasteiger partial charge in [-0.3, -0.25) is 4.79 Å². The number of nitrogens with zero attached hydrogens (tertiary/aromatic N) is 2. The zero-order chi connectivity index (χ0) is 15.5. The lowest BCUT2D eigenvalue weighted by atomic mass is 10.4. The third-order valence-electron chi connectivity index (χ3n) is 3.25. The van der Waals surface area contributed by atoms with E-state index in [4.69, 9.17) is 0 Å². The number of aromatic nitrogens is 1. The molecule has 1 aliphatic heterocycles. The molecule has 0 unspecified atom stereocenters. The lowest BCUT2D eigenvalue weighted by Gasteiger charge is -2.33. The average molecular weight is 314 g/mol. The normalized spacial score (nSPS) is 16.7. The molecular formula is C12H18N4O4S. The first-order chi connectivity index (χ1) is 9.95. The predicted octanol–water partition coefficient (Wildman–Crippen LogP) is -0.589. The molecular weight excluding hydrogens is 296 g/mol. The molecule has 2 heterocycles. The van der Waals surface area contributed by atoms with E-state index in [0.717, 1.165) is 0 Å². The van der Waals surface area contributed by atoms with Crippen LogP contribution in [0.5, 0.6) is 0 Å². The zero-order valence-corrected chi connectivity index (χ0v) is 12.5. The van der Waals surface area contributed by atoms with E-state index < -0.39 is 10.0 Å². The minimum absolute atomic E-state index is 0.0496. The Kier molecular flexibility index (Phi) is 4.63. The van der Waals surface area contributed by atoms with Gasteiger partial charge < -0.3 is 15.2 Å². The Morgan fingerprint density at radius 3 is 2.48 bits per heavy atom. The van der Waals surface area contributed by atoms with Crippen LogP contribution in [0, 0.1) is 0 Å². The number of urea groups is 1. The van der Waals surface area contributed by atoms with Crippen molar-refractivity contribution in [2.45, 2.75) is 11.8 Å². The van der Waals surface area contributed by atoms with Crippen molar-refractivity contribution in [2.75, 3.05) is 32.7 Å². The topological polar surface area (TPSA) is 103 Å². The minimum Gasteiger partial charge on any atom is -0.338 e. The number of pyridine rings is 1. The Morgan fingerprint density at radius 2 is 1.95 bits per heavy atom. The number of piperazine rings is 1. The molecule has 0 bridgehead atoms. The lowest BCUT2D eigenvalue weighted by molar-refractivity contribution is 0.173. The van der Waals surface area contributed by atoms with Crippen LogP contribution in [0.1, 0.15) is 6.92 Å². The van der Waals surface area contributed by atoms with Crippen molar-refractivity contribution in [2.24, 2.45) is 0 Å². The van der Waals surface area contributed by atoms with Crippen molar-refractivity contribution in [1.29, 1.82) is 0 Å². The number of rotatable bonds is 3. The summed E-state index contributed by atoms with van der Waals surface area (Å²) >= 11 is 0. The molecule has 2 amide bonds. The maximum Gasteiger partial charge on any atom is 0.317 e. The maximum absolute atomic E-state index is 12.4. The molecule has 0 spiro atoms. The quantitative estimate of drug-likeness (QED) is 0.778. The number of H-pyrrole nitrogens is 1. The van der Waals surface area contributed by atoms with E-state index in [1.165, 1.54) is 22.6 Å². The molecule has 0 radical (unpaired) electrons. The second-order valence-corrected chi connectivity index (χ2v) is 6.55. The van der Waals surface area contributed by atoms with Gasteiger partial charge in [-0.25, -0.2) is 13.2 Å². The molecule has 1 aromatic heterocycles. The van der Waals surface area contributed by atoms with Crippen LogP contribution < -0.4 is 10.9 Å². The summed E-state index contributed by atoms with van der Waals surface area (Å²) in [6.45, 7) is 3.52. The molecule has 0 atom stereocenters. The van der Waals surface area contributed by atoms with Gasteiger partial charge in [-0.05, 0) is 13.0 Å². The van der Waals surface area contributed by atoms with Crippen LogP contribution in [0.4, 0.5) is 4.79 Å². The summed E-state index contributed by atoms with van der Waals surface area (Å²) in [6, 6.07) is 2.28. The first-order valence-corrected chi connectivity index (χ1v) is 8.11. The van der Waals surface area contributed by atoms with Gasteiger partial charge in [0, 0.05) is 45.0 Å². The zero-order valence-electron chi connectivity index (χ0n) is 11.7. The van der Waals surface area contributed by atoms with Crippen LogP contribution in [-0.2, 0) is 10.0 Å². The average Bonchev–Trinajstić information content (AvgIpc) is 2.48. The second kappa shape index (κ2) is 6.27. The van der Waals surface area contributed by atoms with Crippen molar-refractivity contribution < 1.29 is 13.2 Å². The van der Waals surface area contributed by atoms with E-state index in [-0.39, 0.29) is 29.6 Å². The van der Waals surface area contributed by atoms with Crippen molar-refractivity contribution >= 4 is 16.1 Å². The number of nitrogens with one attached hydrogen (secondary N) is 2. The highest BCUT2D eigenvalue weighted by molar-refractivity contribution is 7.89. The molecule has 9 heteroatoms. The highest BCUT2D eigenvalue weighted by Crippen LogP contribution is 2.15. The summed E-state index contributed by atoms with van der Waals surface area (Å²) in [7, 11) is -3.64. The molecule has 0 aliphatic carbocycles. The Hall–Kier alpha value is -1.87. The molecule has 0 saturated carbocycles. The third-order valence-corrected chi connectivity index (χ3v) is 5.14. The van der Waals surface area contributed by atoms with Crippen LogP contribution in [0.25, 0.3) is 0 Å². The fourth-order valence-corrected chi connectivity index (χ4v) is 3.49. The molecule has 21 heavy (non-hydrogen) atoms. The van der Waals surface area contributed by atoms with Crippen LogP contribution in [-0.4, -0.2) is 61.4 Å². The van der Waals surface area contributed by atoms with Gasteiger partial charge in [-0.1, -0.05) is 0 Å². The largest absolute Gasteiger partial charge is 0.338 e. The van der Waals surface area contributed by atoms with Crippen LogP contribution in [0.3, 0.4) is 0 Å². The first kappa shape index (κ1) is 15.5. The Balaban J connectivity index is 2.06. The van der Waals surface area contributed by atoms with E-state index in [0.29, 0.717) is 19.6 Å². The Labute approximate surface area is 122 Å². The van der Waals surface area contributed by atoms with E-state index in [1.54, 1.807) is 4.90 Å². The molecule has 2 N–H and O–H groups in total. The number of sulfonamides is 1. The summed E-state index contributed by atoms with van der Waals surface area (Å²) in [5, 5.41) is 2.69. The van der Waals surface area contributed by atoms with Crippen LogP contribution in [0.15, 0.2) is 28.0 Å². The molecule has 8 nitrogen and oxygen atoms in total. The highest BCUT2D eigenvalue weighted by atomic mass is 32.2. The number of hydrogen-bond acceptors (Lipinski definition) is 4. The SMILES string of the molecule is CCNC(=O)N1CCN(S(=O)(=O)c2ccc(=O)[nH]c2)CC1.